The molecule has 2 heterocycles. The van der Waals surface area contributed by atoms with Crippen LogP contribution in [0.2, 0.25) is 5.02 Å². The quantitative estimate of drug-likeness (QED) is 0.164. The maximum absolute atomic E-state index is 13.4. The molecule has 6 nitrogen and oxygen atoms in total. The van der Waals surface area contributed by atoms with Crippen molar-refractivity contribution in [1.29, 1.82) is 0 Å². The largest absolute Gasteiger partial charge is 0.507 e. The third-order valence-corrected chi connectivity index (χ3v) is 7.35. The first kappa shape index (κ1) is 23.5. The van der Waals surface area contributed by atoms with Crippen LogP contribution in [0.5, 0.6) is 5.75 Å². The number of thiazole rings is 1. The summed E-state index contributed by atoms with van der Waals surface area (Å²) >= 11 is 10.7. The molecule has 176 valence electrons. The van der Waals surface area contributed by atoms with Gasteiger partial charge in [-0.1, -0.05) is 51.0 Å². The number of halogens is 2. The minimum atomic E-state index is -0.866. The van der Waals surface area contributed by atoms with E-state index in [0.29, 0.717) is 39.2 Å². The smallest absolute Gasteiger partial charge is 0.301 e. The van der Waals surface area contributed by atoms with E-state index >= 15 is 0 Å². The summed E-state index contributed by atoms with van der Waals surface area (Å²) in [7, 11) is 0. The van der Waals surface area contributed by atoms with E-state index in [-0.39, 0.29) is 11.3 Å². The molecule has 1 aliphatic rings. The number of aliphatic hydroxyl groups excluding tert-OH is 1. The molecule has 35 heavy (non-hydrogen) atoms. The van der Waals surface area contributed by atoms with Crippen molar-refractivity contribution in [2.45, 2.75) is 13.0 Å². The lowest BCUT2D eigenvalue weighted by Crippen LogP contribution is -2.29. The van der Waals surface area contributed by atoms with Crippen LogP contribution in [0, 0.1) is 0 Å². The zero-order chi connectivity index (χ0) is 24.7. The highest BCUT2D eigenvalue weighted by molar-refractivity contribution is 9.10. The lowest BCUT2D eigenvalue weighted by molar-refractivity contribution is -0.132. The van der Waals surface area contributed by atoms with Crippen molar-refractivity contribution in [3.05, 3.63) is 92.9 Å². The van der Waals surface area contributed by atoms with Gasteiger partial charge in [0, 0.05) is 15.1 Å². The fourth-order valence-corrected chi connectivity index (χ4v) is 5.60. The number of ketones is 1. The van der Waals surface area contributed by atoms with E-state index in [0.717, 1.165) is 9.17 Å². The summed E-state index contributed by atoms with van der Waals surface area (Å²) in [6, 6.07) is 18.4. The lowest BCUT2D eigenvalue weighted by Gasteiger charge is -2.23. The second-order valence-electron chi connectivity index (χ2n) is 7.79. The molecule has 1 atom stereocenters. The Kier molecular flexibility index (Phi) is 6.35. The minimum absolute atomic E-state index is 0.00955. The number of ether oxygens (including phenoxy) is 1. The summed E-state index contributed by atoms with van der Waals surface area (Å²) in [6.07, 6.45) is 0. The Balaban J connectivity index is 1.70. The average molecular weight is 570 g/mol. The summed E-state index contributed by atoms with van der Waals surface area (Å²) in [5.41, 5.74) is 1.71. The maximum atomic E-state index is 13.4. The molecule has 1 fully saturated rings. The van der Waals surface area contributed by atoms with Gasteiger partial charge in [0.1, 0.15) is 11.5 Å². The zero-order valence-corrected chi connectivity index (χ0v) is 21.5. The molecule has 9 heteroatoms. The maximum Gasteiger partial charge on any atom is 0.301 e. The van der Waals surface area contributed by atoms with Gasteiger partial charge >= 0.3 is 5.91 Å². The van der Waals surface area contributed by atoms with Crippen molar-refractivity contribution >= 4 is 71.7 Å². The number of anilines is 1. The van der Waals surface area contributed by atoms with Crippen LogP contribution in [0.1, 0.15) is 24.1 Å². The van der Waals surface area contributed by atoms with Crippen molar-refractivity contribution < 1.29 is 19.4 Å². The summed E-state index contributed by atoms with van der Waals surface area (Å²) in [5, 5.41) is 12.0. The second-order valence-corrected chi connectivity index (χ2v) is 10.2. The first-order valence-electron chi connectivity index (χ1n) is 10.7. The van der Waals surface area contributed by atoms with Crippen molar-refractivity contribution in [2.24, 2.45) is 0 Å². The van der Waals surface area contributed by atoms with Gasteiger partial charge in [-0.25, -0.2) is 4.98 Å². The molecule has 0 aliphatic carbocycles. The molecular formula is C26H18BrClN2O4S. The molecule has 0 bridgehead atoms. The molecule has 0 spiro atoms. The van der Waals surface area contributed by atoms with Crippen LogP contribution >= 0.6 is 38.9 Å². The Morgan fingerprint density at radius 3 is 2.63 bits per heavy atom. The summed E-state index contributed by atoms with van der Waals surface area (Å²) in [4.78, 5) is 32.7. The first-order chi connectivity index (χ1) is 16.9. The number of benzene rings is 3. The van der Waals surface area contributed by atoms with Gasteiger partial charge in [-0.15, -0.1) is 0 Å². The van der Waals surface area contributed by atoms with Crippen molar-refractivity contribution in [1.82, 2.24) is 4.98 Å². The van der Waals surface area contributed by atoms with Crippen LogP contribution in [0.15, 0.2) is 76.8 Å². The summed E-state index contributed by atoms with van der Waals surface area (Å²) < 4.78 is 7.18. The van der Waals surface area contributed by atoms with Crippen LogP contribution in [0.4, 0.5) is 5.13 Å². The van der Waals surface area contributed by atoms with E-state index in [1.54, 1.807) is 24.3 Å². The highest BCUT2D eigenvalue weighted by Crippen LogP contribution is 2.45. The SMILES string of the molecule is CCOc1ccc2nc(N3C(=O)C(=O)C(=C(O)c4ccc(Cl)cc4)[C@@H]3c3cccc(Br)c3)sc2c1. The monoisotopic (exact) mass is 568 g/mol. The van der Waals surface area contributed by atoms with E-state index in [4.69, 9.17) is 16.3 Å². The summed E-state index contributed by atoms with van der Waals surface area (Å²) in [5.74, 6) is -1.11. The van der Waals surface area contributed by atoms with E-state index in [1.807, 2.05) is 49.4 Å². The van der Waals surface area contributed by atoms with E-state index < -0.39 is 17.7 Å². The molecule has 3 aromatic carbocycles. The van der Waals surface area contributed by atoms with Gasteiger partial charge in [0.15, 0.2) is 5.13 Å². The van der Waals surface area contributed by atoms with Crippen molar-refractivity contribution in [2.75, 3.05) is 11.5 Å². The normalized spacial score (nSPS) is 17.3. The number of hydrogen-bond donors (Lipinski definition) is 1. The van der Waals surface area contributed by atoms with Crippen molar-refractivity contribution in [3.63, 3.8) is 0 Å². The van der Waals surface area contributed by atoms with Crippen LogP contribution in [0.3, 0.4) is 0 Å². The second kappa shape index (κ2) is 9.45. The van der Waals surface area contributed by atoms with Gasteiger partial charge in [-0.3, -0.25) is 14.5 Å². The van der Waals surface area contributed by atoms with Crippen LogP contribution in [0.25, 0.3) is 16.0 Å². The number of aliphatic hydroxyl groups is 1. The average Bonchev–Trinajstić information content (AvgIpc) is 3.37. The number of aromatic nitrogens is 1. The van der Waals surface area contributed by atoms with Gasteiger partial charge in [-0.2, -0.15) is 0 Å². The predicted molar refractivity (Wildman–Crippen MR) is 141 cm³/mol. The Hall–Kier alpha value is -3.20. The highest BCUT2D eigenvalue weighted by Gasteiger charge is 2.48. The molecular weight excluding hydrogens is 552 g/mol. The standard InChI is InChI=1S/C26H18BrClN2O4S/c1-2-34-18-10-11-19-20(13-18)35-26(29-19)30-22(15-4-3-5-16(27)12-15)21(24(32)25(30)33)23(31)14-6-8-17(28)9-7-14/h3-13,22,31H,2H2,1H3/t22-/m0/s1. The number of rotatable bonds is 5. The van der Waals surface area contributed by atoms with Gasteiger partial charge in [0.05, 0.1) is 28.4 Å². The summed E-state index contributed by atoms with van der Waals surface area (Å²) in [6.45, 7) is 2.43. The third kappa shape index (κ3) is 4.33. The molecule has 0 unspecified atom stereocenters. The molecule has 1 saturated heterocycles. The number of Topliss-reactive ketones (excluding diaryl/α,β-unsaturated/α-hetero) is 1. The number of amides is 1. The predicted octanol–water partition coefficient (Wildman–Crippen LogP) is 6.74. The number of nitrogens with zero attached hydrogens (tertiary/aromatic N) is 2. The molecule has 1 aliphatic heterocycles. The topological polar surface area (TPSA) is 79.7 Å². The van der Waals surface area contributed by atoms with Gasteiger partial charge in [0.2, 0.25) is 0 Å². The van der Waals surface area contributed by atoms with Gasteiger partial charge < -0.3 is 9.84 Å². The Bertz CT molecular complexity index is 1500. The van der Waals surface area contributed by atoms with E-state index in [9.17, 15) is 14.7 Å². The van der Waals surface area contributed by atoms with Crippen LogP contribution in [-0.4, -0.2) is 28.4 Å². The molecule has 4 aromatic rings. The molecule has 1 aromatic heterocycles. The van der Waals surface area contributed by atoms with Crippen molar-refractivity contribution in [3.8, 4) is 5.75 Å². The Morgan fingerprint density at radius 1 is 1.14 bits per heavy atom. The Labute approximate surface area is 218 Å². The molecule has 1 amide bonds. The van der Waals surface area contributed by atoms with Crippen LogP contribution in [-0.2, 0) is 9.59 Å². The van der Waals surface area contributed by atoms with Gasteiger partial charge in [-0.05, 0) is 67.1 Å². The molecule has 1 N–H and O–H groups in total. The first-order valence-corrected chi connectivity index (χ1v) is 12.7. The van der Waals surface area contributed by atoms with E-state index in [1.165, 1.54) is 16.2 Å². The fraction of sp³-hybridized carbons (Fsp3) is 0.115. The Morgan fingerprint density at radius 2 is 1.91 bits per heavy atom. The van der Waals surface area contributed by atoms with Gasteiger partial charge in [0.25, 0.3) is 5.78 Å². The number of carbonyl (C=O) groups is 2. The number of fused-ring (bicyclic) bond motifs is 1. The number of carbonyl (C=O) groups excluding carboxylic acids is 2. The third-order valence-electron chi connectivity index (χ3n) is 5.59. The number of hydrogen-bond acceptors (Lipinski definition) is 6. The van der Waals surface area contributed by atoms with Crippen LogP contribution < -0.4 is 9.64 Å². The van der Waals surface area contributed by atoms with E-state index in [2.05, 4.69) is 20.9 Å². The fourth-order valence-electron chi connectivity index (χ4n) is 4.04. The highest BCUT2D eigenvalue weighted by atomic mass is 79.9. The molecule has 5 rings (SSSR count). The molecule has 0 radical (unpaired) electrons. The zero-order valence-electron chi connectivity index (χ0n) is 18.4. The minimum Gasteiger partial charge on any atom is -0.507 e. The lowest BCUT2D eigenvalue weighted by atomic mass is 9.95. The molecule has 0 saturated carbocycles.